The number of ether oxygens (including phenoxy) is 1. The van der Waals surface area contributed by atoms with E-state index in [0.29, 0.717) is 26.1 Å². The normalized spacial score (nSPS) is 19.3. The summed E-state index contributed by atoms with van der Waals surface area (Å²) >= 11 is 0. The molecule has 0 bridgehead atoms. The molecule has 158 valence electrons. The van der Waals surface area contributed by atoms with Gasteiger partial charge in [0.2, 0.25) is 11.8 Å². The summed E-state index contributed by atoms with van der Waals surface area (Å²) in [5, 5.41) is 0. The monoisotopic (exact) mass is 407 g/mol. The molecule has 0 saturated carbocycles. The topological polar surface area (TPSA) is 53.1 Å². The molecule has 0 aromatic heterocycles. The molecule has 2 saturated heterocycles. The fourth-order valence-electron chi connectivity index (χ4n) is 4.42. The van der Waals surface area contributed by atoms with E-state index in [-0.39, 0.29) is 17.7 Å². The Labute approximate surface area is 178 Å². The van der Waals surface area contributed by atoms with Crippen molar-refractivity contribution in [2.45, 2.75) is 19.8 Å². The number of methoxy groups -OCH3 is 1. The molecule has 0 unspecified atom stereocenters. The van der Waals surface area contributed by atoms with Crippen LogP contribution in [0, 0.1) is 5.92 Å². The van der Waals surface area contributed by atoms with Crippen molar-refractivity contribution in [3.8, 4) is 5.75 Å². The zero-order valence-electron chi connectivity index (χ0n) is 17.7. The van der Waals surface area contributed by atoms with Crippen LogP contribution < -0.4 is 14.5 Å². The maximum atomic E-state index is 13.1. The van der Waals surface area contributed by atoms with Crippen molar-refractivity contribution in [3.63, 3.8) is 0 Å². The number of amides is 2. The van der Waals surface area contributed by atoms with Gasteiger partial charge in [0.15, 0.2) is 0 Å². The highest BCUT2D eigenvalue weighted by Crippen LogP contribution is 2.30. The first-order chi connectivity index (χ1) is 14.6. The van der Waals surface area contributed by atoms with Gasteiger partial charge in [0, 0.05) is 50.5 Å². The molecule has 0 N–H and O–H groups in total. The Morgan fingerprint density at radius 1 is 1.03 bits per heavy atom. The van der Waals surface area contributed by atoms with Crippen molar-refractivity contribution in [1.82, 2.24) is 4.90 Å². The molecular formula is C24H29N3O3. The molecule has 0 radical (unpaired) electrons. The molecule has 6 nitrogen and oxygen atoms in total. The molecule has 30 heavy (non-hydrogen) atoms. The summed E-state index contributed by atoms with van der Waals surface area (Å²) in [6, 6.07) is 16.0. The predicted octanol–water partition coefficient (Wildman–Crippen LogP) is 2.96. The summed E-state index contributed by atoms with van der Waals surface area (Å²) in [4.78, 5) is 31.8. The van der Waals surface area contributed by atoms with Crippen LogP contribution in [0.25, 0.3) is 0 Å². The number of aryl methyl sites for hydroxylation is 1. The maximum absolute atomic E-state index is 13.1. The van der Waals surface area contributed by atoms with Crippen LogP contribution >= 0.6 is 0 Å². The fraction of sp³-hybridized carbons (Fsp3) is 0.417. The van der Waals surface area contributed by atoms with Crippen molar-refractivity contribution >= 4 is 23.2 Å². The van der Waals surface area contributed by atoms with Crippen LogP contribution in [0.4, 0.5) is 11.4 Å². The highest BCUT2D eigenvalue weighted by atomic mass is 16.5. The lowest BCUT2D eigenvalue weighted by Crippen LogP contribution is -2.50. The van der Waals surface area contributed by atoms with E-state index in [1.807, 2.05) is 35.2 Å². The van der Waals surface area contributed by atoms with Gasteiger partial charge in [-0.05, 0) is 42.3 Å². The Morgan fingerprint density at radius 3 is 2.40 bits per heavy atom. The van der Waals surface area contributed by atoms with Crippen LogP contribution in [0.15, 0.2) is 48.5 Å². The lowest BCUT2D eigenvalue weighted by Gasteiger charge is -2.37. The van der Waals surface area contributed by atoms with Crippen LogP contribution in [0.2, 0.25) is 0 Å². The number of benzene rings is 2. The number of rotatable bonds is 5. The van der Waals surface area contributed by atoms with Gasteiger partial charge in [-0.3, -0.25) is 9.59 Å². The van der Waals surface area contributed by atoms with E-state index in [0.717, 1.165) is 42.2 Å². The second-order valence-corrected chi connectivity index (χ2v) is 7.90. The molecule has 2 amide bonds. The lowest BCUT2D eigenvalue weighted by molar-refractivity contribution is -0.136. The van der Waals surface area contributed by atoms with Crippen molar-refractivity contribution < 1.29 is 14.3 Å². The van der Waals surface area contributed by atoms with Crippen molar-refractivity contribution in [2.24, 2.45) is 5.92 Å². The first-order valence-corrected chi connectivity index (χ1v) is 10.7. The van der Waals surface area contributed by atoms with Gasteiger partial charge in [0.05, 0.1) is 13.0 Å². The first kappa shape index (κ1) is 20.3. The highest BCUT2D eigenvalue weighted by Gasteiger charge is 2.38. The summed E-state index contributed by atoms with van der Waals surface area (Å²) < 4.78 is 5.22. The van der Waals surface area contributed by atoms with Crippen LogP contribution in [-0.2, 0) is 16.0 Å². The van der Waals surface area contributed by atoms with Crippen molar-refractivity contribution in [1.29, 1.82) is 0 Å². The molecule has 0 aliphatic carbocycles. The van der Waals surface area contributed by atoms with E-state index >= 15 is 0 Å². The number of carbonyl (C=O) groups excluding carboxylic acids is 2. The smallest absolute Gasteiger partial charge is 0.228 e. The van der Waals surface area contributed by atoms with Gasteiger partial charge < -0.3 is 19.4 Å². The van der Waals surface area contributed by atoms with E-state index < -0.39 is 0 Å². The van der Waals surface area contributed by atoms with Gasteiger partial charge in [0.25, 0.3) is 0 Å². The van der Waals surface area contributed by atoms with Gasteiger partial charge in [-0.25, -0.2) is 0 Å². The average molecular weight is 408 g/mol. The van der Waals surface area contributed by atoms with Crippen molar-refractivity contribution in [2.75, 3.05) is 49.6 Å². The quantitative estimate of drug-likeness (QED) is 0.765. The van der Waals surface area contributed by atoms with Gasteiger partial charge in [-0.2, -0.15) is 0 Å². The Hall–Kier alpha value is -3.02. The second kappa shape index (κ2) is 8.78. The molecule has 2 aliphatic rings. The van der Waals surface area contributed by atoms with E-state index in [9.17, 15) is 9.59 Å². The molecular weight excluding hydrogens is 378 g/mol. The number of anilines is 2. The molecule has 1 atom stereocenters. The zero-order chi connectivity index (χ0) is 21.1. The van der Waals surface area contributed by atoms with Gasteiger partial charge >= 0.3 is 0 Å². The zero-order valence-corrected chi connectivity index (χ0v) is 17.7. The Balaban J connectivity index is 1.37. The van der Waals surface area contributed by atoms with Gasteiger partial charge in [0.1, 0.15) is 5.75 Å². The number of hydrogen-bond acceptors (Lipinski definition) is 4. The van der Waals surface area contributed by atoms with E-state index in [2.05, 4.69) is 30.0 Å². The molecule has 2 aliphatic heterocycles. The second-order valence-electron chi connectivity index (χ2n) is 7.90. The Morgan fingerprint density at radius 2 is 1.73 bits per heavy atom. The predicted molar refractivity (Wildman–Crippen MR) is 118 cm³/mol. The standard InChI is InChI=1S/C24H29N3O3/c1-3-18-6-4-5-7-22(18)27-17-19(16-23(27)28)24(29)26-14-12-25(13-15-26)20-8-10-21(30-2)11-9-20/h4-11,19H,3,12-17H2,1-2H3/t19-/m0/s1. The van der Waals surface area contributed by atoms with Crippen LogP contribution in [0.5, 0.6) is 5.75 Å². The number of nitrogens with zero attached hydrogens (tertiary/aromatic N) is 3. The number of hydrogen-bond donors (Lipinski definition) is 0. The third-order valence-corrected chi connectivity index (χ3v) is 6.17. The van der Waals surface area contributed by atoms with Crippen LogP contribution in [-0.4, -0.2) is 56.5 Å². The Bertz CT molecular complexity index is 904. The largest absolute Gasteiger partial charge is 0.497 e. The fourth-order valence-corrected chi connectivity index (χ4v) is 4.42. The van der Waals surface area contributed by atoms with E-state index in [1.54, 1.807) is 12.0 Å². The molecule has 0 spiro atoms. The number of piperazine rings is 1. The molecule has 2 fully saturated rings. The average Bonchev–Trinajstić information content (AvgIpc) is 3.20. The molecule has 2 aromatic rings. The van der Waals surface area contributed by atoms with Crippen LogP contribution in [0.1, 0.15) is 18.9 Å². The summed E-state index contributed by atoms with van der Waals surface area (Å²) in [6.45, 7) is 5.52. The minimum Gasteiger partial charge on any atom is -0.497 e. The minimum absolute atomic E-state index is 0.0473. The third kappa shape index (κ3) is 3.99. The van der Waals surface area contributed by atoms with Gasteiger partial charge in [-0.15, -0.1) is 0 Å². The first-order valence-electron chi connectivity index (χ1n) is 10.7. The molecule has 2 heterocycles. The molecule has 6 heteroatoms. The maximum Gasteiger partial charge on any atom is 0.228 e. The van der Waals surface area contributed by atoms with Gasteiger partial charge in [-0.1, -0.05) is 25.1 Å². The molecule has 4 rings (SSSR count). The van der Waals surface area contributed by atoms with E-state index in [4.69, 9.17) is 4.74 Å². The SMILES string of the molecule is CCc1ccccc1N1C[C@@H](C(=O)N2CCN(c3ccc(OC)cc3)CC2)CC1=O. The van der Waals surface area contributed by atoms with Crippen LogP contribution in [0.3, 0.4) is 0 Å². The number of carbonyl (C=O) groups is 2. The van der Waals surface area contributed by atoms with Crippen molar-refractivity contribution in [3.05, 3.63) is 54.1 Å². The summed E-state index contributed by atoms with van der Waals surface area (Å²) in [5.41, 5.74) is 3.23. The van der Waals surface area contributed by atoms with E-state index in [1.165, 1.54) is 0 Å². The summed E-state index contributed by atoms with van der Waals surface area (Å²) in [6.07, 6.45) is 1.17. The Kier molecular flexibility index (Phi) is 5.93. The minimum atomic E-state index is -0.255. The number of para-hydroxylation sites is 1. The molecule has 2 aromatic carbocycles. The third-order valence-electron chi connectivity index (χ3n) is 6.17. The summed E-state index contributed by atoms with van der Waals surface area (Å²) in [7, 11) is 1.66. The highest BCUT2D eigenvalue weighted by molar-refractivity contribution is 6.00. The summed E-state index contributed by atoms with van der Waals surface area (Å²) in [5.74, 6) is 0.739. The lowest BCUT2D eigenvalue weighted by atomic mass is 10.1.